The summed E-state index contributed by atoms with van der Waals surface area (Å²) in [7, 11) is 0. The van der Waals surface area contributed by atoms with Gasteiger partial charge in [-0.2, -0.15) is 0 Å². The van der Waals surface area contributed by atoms with Crippen LogP contribution in [0.1, 0.15) is 49.8 Å². The van der Waals surface area contributed by atoms with Crippen molar-refractivity contribution < 1.29 is 57.2 Å². The average Bonchev–Trinajstić information content (AvgIpc) is 3.97. The Morgan fingerprint density at radius 2 is 1.23 bits per heavy atom. The Morgan fingerprint density at radius 3 is 1.89 bits per heavy atom. The van der Waals surface area contributed by atoms with E-state index in [1.165, 1.54) is 0 Å². The molecule has 0 bridgehead atoms. The highest BCUT2D eigenvalue weighted by atomic mass is 16.6. The fourth-order valence-electron chi connectivity index (χ4n) is 7.71. The number of nitrogens with one attached hydrogen (secondary N) is 7. The van der Waals surface area contributed by atoms with Crippen molar-refractivity contribution in [2.45, 2.75) is 75.5 Å². The molecule has 7 amide bonds. The van der Waals surface area contributed by atoms with Crippen molar-refractivity contribution in [3.8, 4) is 11.1 Å². The highest BCUT2D eigenvalue weighted by Gasteiger charge is 2.49. The lowest BCUT2D eigenvalue weighted by molar-refractivity contribution is -0.131. The van der Waals surface area contributed by atoms with Crippen LogP contribution in [-0.4, -0.2) is 137 Å². The molecule has 2 aliphatic heterocycles. The van der Waals surface area contributed by atoms with E-state index < -0.39 is 97.3 Å². The molecule has 19 heteroatoms. The first-order chi connectivity index (χ1) is 31.2. The molecule has 5 atom stereocenters. The normalized spacial score (nSPS) is 18.8. The van der Waals surface area contributed by atoms with E-state index in [1.807, 2.05) is 36.4 Å². The molecule has 0 spiro atoms. The number of ether oxygens (including phenoxy) is 5. The second-order valence-corrected chi connectivity index (χ2v) is 16.7. The van der Waals surface area contributed by atoms with Crippen molar-refractivity contribution >= 4 is 41.7 Å². The third-order valence-corrected chi connectivity index (χ3v) is 10.7. The van der Waals surface area contributed by atoms with Crippen LogP contribution >= 0.6 is 0 Å². The minimum absolute atomic E-state index is 0.0364. The topological polar surface area (TPSA) is 250 Å². The molecule has 6 rings (SSSR count). The summed E-state index contributed by atoms with van der Waals surface area (Å²) in [6.45, 7) is 4.77. The molecule has 1 aliphatic carbocycles. The molecule has 2 saturated heterocycles. The first kappa shape index (κ1) is 47.9. The second-order valence-electron chi connectivity index (χ2n) is 16.7. The van der Waals surface area contributed by atoms with Gasteiger partial charge in [-0.3, -0.25) is 24.0 Å². The second kappa shape index (κ2) is 22.9. The van der Waals surface area contributed by atoms with Crippen LogP contribution in [-0.2, 0) is 54.1 Å². The third kappa shape index (κ3) is 14.2. The molecule has 3 aromatic carbocycles. The lowest BCUT2D eigenvalue weighted by Gasteiger charge is -2.23. The van der Waals surface area contributed by atoms with Crippen LogP contribution in [0.4, 0.5) is 9.59 Å². The van der Waals surface area contributed by atoms with Gasteiger partial charge in [0.2, 0.25) is 29.5 Å². The zero-order chi connectivity index (χ0) is 46.3. The Balaban J connectivity index is 0.834. The summed E-state index contributed by atoms with van der Waals surface area (Å²) in [5.74, 6) is -2.99. The smallest absolute Gasteiger partial charge is 0.408 e. The van der Waals surface area contributed by atoms with Gasteiger partial charge in [-0.05, 0) is 48.6 Å². The average molecular weight is 900 g/mol. The minimum Gasteiger partial charge on any atom is -0.449 e. The zero-order valence-corrected chi connectivity index (χ0v) is 36.6. The Bertz CT molecular complexity index is 2120. The Kier molecular flexibility index (Phi) is 16.9. The maximum atomic E-state index is 13.3. The van der Waals surface area contributed by atoms with Crippen molar-refractivity contribution in [2.24, 2.45) is 0 Å². The summed E-state index contributed by atoms with van der Waals surface area (Å²) >= 11 is 0. The fourth-order valence-corrected chi connectivity index (χ4v) is 7.71. The van der Waals surface area contributed by atoms with Gasteiger partial charge < -0.3 is 60.9 Å². The van der Waals surface area contributed by atoms with Crippen molar-refractivity contribution in [1.29, 1.82) is 0 Å². The van der Waals surface area contributed by atoms with E-state index in [-0.39, 0.29) is 58.3 Å². The molecule has 7 N–H and O–H groups in total. The van der Waals surface area contributed by atoms with Gasteiger partial charge in [0.25, 0.3) is 0 Å². The quantitative estimate of drug-likeness (QED) is 0.0791. The van der Waals surface area contributed by atoms with E-state index in [9.17, 15) is 33.6 Å². The van der Waals surface area contributed by atoms with Gasteiger partial charge in [0.15, 0.2) is 0 Å². The SMILES string of the molecule is CC(C)(C)OC(=O)N[C@H]1CO[C@H]2[C@@H]1OC[C@@H]2NC(=O)CNC(=O)[C@H](Cc1ccccc1)NC(=O)CNC(=O)CNC(=O)CCOCCNC(=O)OCC1c2ccccc2-c2ccccc21. The molecule has 0 saturated carbocycles. The Morgan fingerprint density at radius 1 is 0.646 bits per heavy atom. The maximum absolute atomic E-state index is 13.3. The van der Waals surface area contributed by atoms with E-state index in [0.29, 0.717) is 0 Å². The Labute approximate surface area is 376 Å². The molecule has 19 nitrogen and oxygen atoms in total. The molecule has 2 fully saturated rings. The number of fused-ring (bicyclic) bond motifs is 4. The van der Waals surface area contributed by atoms with Crippen LogP contribution in [0.2, 0.25) is 0 Å². The molecule has 0 radical (unpaired) electrons. The van der Waals surface area contributed by atoms with Crippen molar-refractivity contribution in [1.82, 2.24) is 37.2 Å². The number of alkyl carbamates (subject to hydrolysis) is 2. The Hall–Kier alpha value is -6.57. The lowest BCUT2D eigenvalue weighted by atomic mass is 9.98. The van der Waals surface area contributed by atoms with E-state index in [0.717, 1.165) is 27.8 Å². The molecule has 348 valence electrons. The van der Waals surface area contributed by atoms with Crippen molar-refractivity contribution in [3.05, 3.63) is 95.6 Å². The maximum Gasteiger partial charge on any atom is 0.408 e. The molecule has 0 unspecified atom stereocenters. The van der Waals surface area contributed by atoms with Crippen molar-refractivity contribution in [2.75, 3.05) is 59.2 Å². The molecule has 65 heavy (non-hydrogen) atoms. The number of rotatable bonds is 20. The third-order valence-electron chi connectivity index (χ3n) is 10.7. The summed E-state index contributed by atoms with van der Waals surface area (Å²) in [4.78, 5) is 88.5. The van der Waals surface area contributed by atoms with Gasteiger partial charge in [-0.1, -0.05) is 78.9 Å². The van der Waals surface area contributed by atoms with E-state index in [1.54, 1.807) is 51.1 Å². The van der Waals surface area contributed by atoms with Gasteiger partial charge in [-0.25, -0.2) is 9.59 Å². The van der Waals surface area contributed by atoms with Gasteiger partial charge in [0.1, 0.15) is 30.5 Å². The number of amides is 7. The summed E-state index contributed by atoms with van der Waals surface area (Å²) < 4.78 is 27.9. The van der Waals surface area contributed by atoms with Crippen LogP contribution in [0.5, 0.6) is 0 Å². The number of carbonyl (C=O) groups excluding carboxylic acids is 7. The van der Waals surface area contributed by atoms with E-state index in [4.69, 9.17) is 23.7 Å². The van der Waals surface area contributed by atoms with Gasteiger partial charge in [0.05, 0.1) is 58.1 Å². The molecule has 0 aromatic heterocycles. The largest absolute Gasteiger partial charge is 0.449 e. The van der Waals surface area contributed by atoms with E-state index >= 15 is 0 Å². The standard InChI is InChI=1S/C46H57N7O12/c1-46(2,3)65-45(60)53-36-27-63-41-35(26-62-42(36)41)52-40(57)24-50-43(58)34(21-28-11-5-4-6-12-28)51-39(56)23-49-38(55)22-48-37(54)17-19-61-20-18-47-44(59)64-25-33-31-15-9-7-13-29(31)30-14-8-10-16-32(30)33/h4-16,33-36,41-42H,17-27H2,1-3H3,(H,47,59)(H,48,54)(H,49,55)(H,50,58)(H,51,56)(H,52,57)(H,53,60)/t34-,35-,36-,41+,42+/m0/s1. The lowest BCUT2D eigenvalue weighted by Crippen LogP contribution is -2.53. The zero-order valence-electron chi connectivity index (χ0n) is 36.6. The van der Waals surface area contributed by atoms with Gasteiger partial charge >= 0.3 is 12.2 Å². The van der Waals surface area contributed by atoms with Crippen molar-refractivity contribution in [3.63, 3.8) is 0 Å². The number of benzene rings is 3. The predicted octanol–water partition coefficient (Wildman–Crippen LogP) is 1.18. The summed E-state index contributed by atoms with van der Waals surface area (Å²) in [5, 5.41) is 18.2. The summed E-state index contributed by atoms with van der Waals surface area (Å²) in [6.07, 6.45) is -2.17. The predicted molar refractivity (Wildman–Crippen MR) is 234 cm³/mol. The minimum atomic E-state index is -1.10. The van der Waals surface area contributed by atoms with Crippen LogP contribution in [0.25, 0.3) is 11.1 Å². The van der Waals surface area contributed by atoms with Gasteiger partial charge in [-0.15, -0.1) is 0 Å². The molecule has 3 aliphatic rings. The fraction of sp³-hybridized carbons (Fsp3) is 0.457. The number of hydrogen-bond donors (Lipinski definition) is 7. The number of hydrogen-bond acceptors (Lipinski definition) is 12. The highest BCUT2D eigenvalue weighted by molar-refractivity contribution is 5.93. The number of carbonyl (C=O) groups is 7. The molecule has 2 heterocycles. The molecular weight excluding hydrogens is 843 g/mol. The highest BCUT2D eigenvalue weighted by Crippen LogP contribution is 2.44. The molecular formula is C46H57N7O12. The molecule has 3 aromatic rings. The van der Waals surface area contributed by atoms with Crippen LogP contribution in [0, 0.1) is 0 Å². The van der Waals surface area contributed by atoms with Crippen LogP contribution < -0.4 is 37.2 Å². The monoisotopic (exact) mass is 899 g/mol. The first-order valence-corrected chi connectivity index (χ1v) is 21.6. The first-order valence-electron chi connectivity index (χ1n) is 21.6. The van der Waals surface area contributed by atoms with Gasteiger partial charge in [0, 0.05) is 25.3 Å². The van der Waals surface area contributed by atoms with Crippen LogP contribution in [0.3, 0.4) is 0 Å². The summed E-state index contributed by atoms with van der Waals surface area (Å²) in [5.41, 5.74) is 4.55. The van der Waals surface area contributed by atoms with Crippen LogP contribution in [0.15, 0.2) is 78.9 Å². The van der Waals surface area contributed by atoms with E-state index in [2.05, 4.69) is 49.4 Å². The summed E-state index contributed by atoms with van der Waals surface area (Å²) in [6, 6.07) is 22.9.